The van der Waals surface area contributed by atoms with Gasteiger partial charge in [-0.25, -0.2) is 0 Å². The Labute approximate surface area is 155 Å². The lowest BCUT2D eigenvalue weighted by atomic mass is 10.1. The molecule has 0 atom stereocenters. The van der Waals surface area contributed by atoms with Crippen LogP contribution in [0.1, 0.15) is 27.5 Å². The van der Waals surface area contributed by atoms with Crippen LogP contribution < -0.4 is 0 Å². The fourth-order valence-corrected chi connectivity index (χ4v) is 3.34. The minimum Gasteiger partial charge on any atom is -0.481 e. The Morgan fingerprint density at radius 3 is 2.70 bits per heavy atom. The molecular formula is C19H18N4O4. The van der Waals surface area contributed by atoms with Gasteiger partial charge in [-0.3, -0.25) is 9.59 Å². The molecule has 0 saturated heterocycles. The average molecular weight is 366 g/mol. The summed E-state index contributed by atoms with van der Waals surface area (Å²) in [6, 6.07) is 9.78. The summed E-state index contributed by atoms with van der Waals surface area (Å²) in [6.07, 6.45) is 1.10. The number of furan rings is 1. The van der Waals surface area contributed by atoms with Crippen LogP contribution in [-0.2, 0) is 24.3 Å². The van der Waals surface area contributed by atoms with Crippen LogP contribution >= 0.6 is 0 Å². The van der Waals surface area contributed by atoms with E-state index >= 15 is 0 Å². The van der Waals surface area contributed by atoms with Crippen LogP contribution in [0.2, 0.25) is 0 Å². The first-order valence-corrected chi connectivity index (χ1v) is 8.60. The van der Waals surface area contributed by atoms with E-state index in [4.69, 9.17) is 9.52 Å². The highest BCUT2D eigenvalue weighted by atomic mass is 16.4. The monoisotopic (exact) mass is 366 g/mol. The van der Waals surface area contributed by atoms with E-state index in [-0.39, 0.29) is 18.1 Å². The summed E-state index contributed by atoms with van der Waals surface area (Å²) >= 11 is 0. The van der Waals surface area contributed by atoms with Crippen LogP contribution in [0.4, 0.5) is 0 Å². The van der Waals surface area contributed by atoms with E-state index in [1.165, 1.54) is 6.26 Å². The minimum absolute atomic E-state index is 0.182. The molecule has 0 bridgehead atoms. The SMILES string of the molecule is Cc1coc(CC(=O)O)c1C(=O)N1CCn2c(nnc2-c2ccccc2)C1. The number of aliphatic carboxylic acids is 1. The van der Waals surface area contributed by atoms with E-state index < -0.39 is 5.97 Å². The maximum atomic E-state index is 13.0. The zero-order chi connectivity index (χ0) is 19.0. The molecule has 0 radical (unpaired) electrons. The molecule has 0 spiro atoms. The highest BCUT2D eigenvalue weighted by molar-refractivity contribution is 5.97. The van der Waals surface area contributed by atoms with E-state index in [9.17, 15) is 9.59 Å². The molecule has 1 aliphatic heterocycles. The molecule has 8 nitrogen and oxygen atoms in total. The number of hydrogen-bond donors (Lipinski definition) is 1. The third kappa shape index (κ3) is 3.10. The molecule has 2 aromatic heterocycles. The first kappa shape index (κ1) is 17.0. The Balaban J connectivity index is 1.59. The molecule has 3 aromatic rings. The van der Waals surface area contributed by atoms with Crippen molar-refractivity contribution in [2.75, 3.05) is 6.54 Å². The summed E-state index contributed by atoms with van der Waals surface area (Å²) < 4.78 is 7.30. The van der Waals surface area contributed by atoms with E-state index in [0.29, 0.717) is 36.6 Å². The lowest BCUT2D eigenvalue weighted by Crippen LogP contribution is -2.39. The van der Waals surface area contributed by atoms with Crippen molar-refractivity contribution in [2.45, 2.75) is 26.4 Å². The number of fused-ring (bicyclic) bond motifs is 1. The van der Waals surface area contributed by atoms with Gasteiger partial charge in [-0.05, 0) is 6.92 Å². The lowest BCUT2D eigenvalue weighted by molar-refractivity contribution is -0.136. The van der Waals surface area contributed by atoms with Gasteiger partial charge in [0.05, 0.1) is 18.4 Å². The van der Waals surface area contributed by atoms with Crippen LogP contribution in [-0.4, -0.2) is 43.2 Å². The van der Waals surface area contributed by atoms with E-state index in [1.54, 1.807) is 11.8 Å². The van der Waals surface area contributed by atoms with Gasteiger partial charge in [-0.1, -0.05) is 30.3 Å². The smallest absolute Gasteiger partial charge is 0.311 e. The second-order valence-corrected chi connectivity index (χ2v) is 6.47. The van der Waals surface area contributed by atoms with Gasteiger partial charge >= 0.3 is 5.97 Å². The molecule has 1 aliphatic rings. The number of carboxylic acid groups (broad SMARTS) is 1. The normalized spacial score (nSPS) is 13.4. The van der Waals surface area contributed by atoms with Crippen molar-refractivity contribution >= 4 is 11.9 Å². The number of benzene rings is 1. The second-order valence-electron chi connectivity index (χ2n) is 6.47. The summed E-state index contributed by atoms with van der Waals surface area (Å²) in [5.74, 6) is 0.387. The number of nitrogens with zero attached hydrogens (tertiary/aromatic N) is 4. The number of aromatic nitrogens is 3. The molecule has 27 heavy (non-hydrogen) atoms. The topological polar surface area (TPSA) is 101 Å². The number of amides is 1. The second kappa shape index (κ2) is 6.71. The molecule has 0 fully saturated rings. The lowest BCUT2D eigenvalue weighted by Gasteiger charge is -2.28. The molecule has 8 heteroatoms. The quantitative estimate of drug-likeness (QED) is 0.759. The molecular weight excluding hydrogens is 348 g/mol. The van der Waals surface area contributed by atoms with Crippen molar-refractivity contribution in [2.24, 2.45) is 0 Å². The highest BCUT2D eigenvalue weighted by Gasteiger charge is 2.29. The summed E-state index contributed by atoms with van der Waals surface area (Å²) in [6.45, 7) is 3.11. The fraction of sp³-hybridized carbons (Fsp3) is 0.263. The third-order valence-corrected chi connectivity index (χ3v) is 4.65. The number of carbonyl (C=O) groups is 2. The van der Waals surface area contributed by atoms with Gasteiger partial charge in [0.2, 0.25) is 0 Å². The Morgan fingerprint density at radius 2 is 1.96 bits per heavy atom. The number of rotatable bonds is 4. The van der Waals surface area contributed by atoms with Crippen LogP contribution in [0.3, 0.4) is 0 Å². The summed E-state index contributed by atoms with van der Waals surface area (Å²) in [5, 5.41) is 17.5. The summed E-state index contributed by atoms with van der Waals surface area (Å²) in [4.78, 5) is 25.7. The first-order valence-electron chi connectivity index (χ1n) is 8.60. The molecule has 1 aromatic carbocycles. The Hall–Kier alpha value is -3.42. The summed E-state index contributed by atoms with van der Waals surface area (Å²) in [5.41, 5.74) is 1.94. The van der Waals surface area contributed by atoms with Gasteiger partial charge in [0.1, 0.15) is 12.2 Å². The maximum Gasteiger partial charge on any atom is 0.311 e. The van der Waals surface area contributed by atoms with Gasteiger partial charge in [0.25, 0.3) is 5.91 Å². The van der Waals surface area contributed by atoms with E-state index in [2.05, 4.69) is 10.2 Å². The predicted octanol–water partition coefficient (Wildman–Crippen LogP) is 2.13. The van der Waals surface area contributed by atoms with Gasteiger partial charge in [0, 0.05) is 24.2 Å². The maximum absolute atomic E-state index is 13.0. The van der Waals surface area contributed by atoms with Crippen molar-refractivity contribution in [3.63, 3.8) is 0 Å². The molecule has 3 heterocycles. The van der Waals surface area contributed by atoms with Crippen molar-refractivity contribution in [3.8, 4) is 11.4 Å². The van der Waals surface area contributed by atoms with Crippen LogP contribution in [0.15, 0.2) is 41.0 Å². The van der Waals surface area contributed by atoms with Crippen molar-refractivity contribution in [3.05, 3.63) is 59.3 Å². The largest absolute Gasteiger partial charge is 0.481 e. The number of carboxylic acids is 1. The molecule has 138 valence electrons. The van der Waals surface area contributed by atoms with Crippen molar-refractivity contribution in [1.29, 1.82) is 0 Å². The number of hydrogen-bond acceptors (Lipinski definition) is 5. The predicted molar refractivity (Wildman–Crippen MR) is 95.0 cm³/mol. The van der Waals surface area contributed by atoms with Gasteiger partial charge in [-0.15, -0.1) is 10.2 Å². The van der Waals surface area contributed by atoms with Crippen LogP contribution in [0.25, 0.3) is 11.4 Å². The van der Waals surface area contributed by atoms with Gasteiger partial charge < -0.3 is 19.0 Å². The molecule has 0 aliphatic carbocycles. The first-order chi connectivity index (χ1) is 13.0. The number of carbonyl (C=O) groups excluding carboxylic acids is 1. The molecule has 4 rings (SSSR count). The van der Waals surface area contributed by atoms with Crippen LogP contribution in [0.5, 0.6) is 0 Å². The van der Waals surface area contributed by atoms with E-state index in [1.807, 2.05) is 34.9 Å². The zero-order valence-corrected chi connectivity index (χ0v) is 14.8. The third-order valence-electron chi connectivity index (χ3n) is 4.65. The molecule has 0 saturated carbocycles. The fourth-order valence-electron chi connectivity index (χ4n) is 3.34. The Kier molecular flexibility index (Phi) is 4.23. The molecule has 0 unspecified atom stereocenters. The molecule has 1 N–H and O–H groups in total. The van der Waals surface area contributed by atoms with Gasteiger partial charge in [0.15, 0.2) is 11.6 Å². The van der Waals surface area contributed by atoms with Crippen molar-refractivity contribution < 1.29 is 19.1 Å². The summed E-state index contributed by atoms with van der Waals surface area (Å²) in [7, 11) is 0. The highest BCUT2D eigenvalue weighted by Crippen LogP contribution is 2.25. The van der Waals surface area contributed by atoms with Crippen molar-refractivity contribution in [1.82, 2.24) is 19.7 Å². The van der Waals surface area contributed by atoms with Gasteiger partial charge in [-0.2, -0.15) is 0 Å². The van der Waals surface area contributed by atoms with E-state index in [0.717, 1.165) is 11.4 Å². The Bertz CT molecular complexity index is 1010. The van der Waals surface area contributed by atoms with Crippen LogP contribution in [0, 0.1) is 6.92 Å². The average Bonchev–Trinajstić information content (AvgIpc) is 3.24. The standard InChI is InChI=1S/C19H18N4O4/c1-12-11-27-14(9-16(24)25)17(12)19(26)22-7-8-23-15(10-22)20-21-18(23)13-5-3-2-4-6-13/h2-6,11H,7-10H2,1H3,(H,24,25). The Morgan fingerprint density at radius 1 is 1.19 bits per heavy atom. The number of aryl methyl sites for hydroxylation is 1. The molecule has 1 amide bonds. The minimum atomic E-state index is -1.04. The zero-order valence-electron chi connectivity index (χ0n) is 14.8.